The van der Waals surface area contributed by atoms with E-state index in [1.54, 1.807) is 17.0 Å². The van der Waals surface area contributed by atoms with Crippen molar-refractivity contribution in [2.24, 2.45) is 0 Å². The Hall–Kier alpha value is -3.35. The van der Waals surface area contributed by atoms with Crippen molar-refractivity contribution in [3.63, 3.8) is 0 Å². The van der Waals surface area contributed by atoms with E-state index in [1.165, 1.54) is 5.56 Å². The summed E-state index contributed by atoms with van der Waals surface area (Å²) in [5.74, 6) is -0.733. The second-order valence-electron chi connectivity index (χ2n) is 6.49. The molecule has 146 valence electrons. The third kappa shape index (κ3) is 5.57. The van der Waals surface area contributed by atoms with Gasteiger partial charge >= 0.3 is 12.0 Å². The minimum atomic E-state index is -0.522. The first-order chi connectivity index (χ1) is 13.6. The predicted octanol–water partition coefficient (Wildman–Crippen LogP) is 2.33. The summed E-state index contributed by atoms with van der Waals surface area (Å²) < 4.78 is 5.04. The quantitative estimate of drug-likeness (QED) is 0.752. The number of amides is 3. The van der Waals surface area contributed by atoms with E-state index in [4.69, 9.17) is 4.74 Å². The van der Waals surface area contributed by atoms with Gasteiger partial charge in [0.05, 0.1) is 6.42 Å². The van der Waals surface area contributed by atoms with Crippen LogP contribution in [0.3, 0.4) is 0 Å². The molecule has 1 aliphatic rings. The Bertz CT molecular complexity index is 839. The molecule has 28 heavy (non-hydrogen) atoms. The monoisotopic (exact) mass is 381 g/mol. The molecule has 3 rings (SSSR count). The molecular weight excluding hydrogens is 358 g/mol. The highest BCUT2D eigenvalue weighted by atomic mass is 16.5. The van der Waals surface area contributed by atoms with E-state index in [9.17, 15) is 14.4 Å². The number of rotatable bonds is 6. The first kappa shape index (κ1) is 19.4. The molecule has 0 saturated carbocycles. The van der Waals surface area contributed by atoms with Crippen LogP contribution < -0.4 is 10.6 Å². The normalized spacial score (nSPS) is 12.6. The Morgan fingerprint density at radius 2 is 1.68 bits per heavy atom. The Kier molecular flexibility index (Phi) is 6.62. The average Bonchev–Trinajstić information content (AvgIpc) is 2.72. The maximum Gasteiger partial charge on any atom is 0.319 e. The van der Waals surface area contributed by atoms with Gasteiger partial charge in [0.15, 0.2) is 6.61 Å². The van der Waals surface area contributed by atoms with Crippen LogP contribution in [-0.4, -0.2) is 42.5 Å². The Labute approximate surface area is 163 Å². The Balaban J connectivity index is 1.33. The molecule has 0 radical (unpaired) electrons. The molecule has 2 aromatic rings. The maximum absolute atomic E-state index is 12.3. The van der Waals surface area contributed by atoms with Gasteiger partial charge in [-0.3, -0.25) is 9.59 Å². The van der Waals surface area contributed by atoms with Crippen molar-refractivity contribution in [1.82, 2.24) is 10.2 Å². The fourth-order valence-corrected chi connectivity index (χ4v) is 2.99. The van der Waals surface area contributed by atoms with Crippen molar-refractivity contribution >= 4 is 23.6 Å². The molecule has 0 atom stereocenters. The van der Waals surface area contributed by atoms with Crippen LogP contribution in [0.2, 0.25) is 0 Å². The lowest BCUT2D eigenvalue weighted by Gasteiger charge is -2.28. The number of nitrogens with one attached hydrogen (secondary N) is 2. The van der Waals surface area contributed by atoms with Crippen LogP contribution in [0, 0.1) is 0 Å². The minimum absolute atomic E-state index is 0.00166. The summed E-state index contributed by atoms with van der Waals surface area (Å²) in [4.78, 5) is 37.5. The highest BCUT2D eigenvalue weighted by molar-refractivity contribution is 5.89. The summed E-state index contributed by atoms with van der Waals surface area (Å²) >= 11 is 0. The SMILES string of the molecule is O=C(NCCC(=O)OCC(=O)N1CCc2ccccc2C1)Nc1ccccc1. The lowest BCUT2D eigenvalue weighted by molar-refractivity contribution is -0.152. The second-order valence-corrected chi connectivity index (χ2v) is 6.49. The van der Waals surface area contributed by atoms with E-state index in [0.29, 0.717) is 18.8 Å². The summed E-state index contributed by atoms with van der Waals surface area (Å²) in [6, 6.07) is 16.6. The number of urea groups is 1. The van der Waals surface area contributed by atoms with Crippen molar-refractivity contribution < 1.29 is 19.1 Å². The molecular formula is C21H23N3O4. The van der Waals surface area contributed by atoms with Crippen LogP contribution in [0.15, 0.2) is 54.6 Å². The van der Waals surface area contributed by atoms with Gasteiger partial charge < -0.3 is 20.3 Å². The van der Waals surface area contributed by atoms with Crippen LogP contribution in [0.5, 0.6) is 0 Å². The number of esters is 1. The number of ether oxygens (including phenoxy) is 1. The third-order valence-corrected chi connectivity index (χ3v) is 4.49. The predicted molar refractivity (Wildman–Crippen MR) is 105 cm³/mol. The van der Waals surface area contributed by atoms with E-state index in [2.05, 4.69) is 16.7 Å². The van der Waals surface area contributed by atoms with Crippen molar-refractivity contribution in [2.45, 2.75) is 19.4 Å². The zero-order chi connectivity index (χ0) is 19.8. The molecule has 0 aliphatic carbocycles. The second kappa shape index (κ2) is 9.55. The zero-order valence-corrected chi connectivity index (χ0v) is 15.5. The molecule has 7 heteroatoms. The number of carbonyl (C=O) groups is 3. The molecule has 0 bridgehead atoms. The largest absolute Gasteiger partial charge is 0.456 e. The van der Waals surface area contributed by atoms with Gasteiger partial charge in [-0.2, -0.15) is 0 Å². The molecule has 2 N–H and O–H groups in total. The molecule has 0 fully saturated rings. The van der Waals surface area contributed by atoms with Gasteiger partial charge in [-0.25, -0.2) is 4.79 Å². The number of hydrogen-bond acceptors (Lipinski definition) is 4. The van der Waals surface area contributed by atoms with E-state index in [-0.39, 0.29) is 25.5 Å². The number of para-hydroxylation sites is 1. The fraction of sp³-hybridized carbons (Fsp3) is 0.286. The van der Waals surface area contributed by atoms with Gasteiger partial charge in [0.2, 0.25) is 0 Å². The van der Waals surface area contributed by atoms with Crippen LogP contribution in [0.1, 0.15) is 17.5 Å². The highest BCUT2D eigenvalue weighted by Crippen LogP contribution is 2.18. The Morgan fingerprint density at radius 3 is 2.46 bits per heavy atom. The minimum Gasteiger partial charge on any atom is -0.456 e. The first-order valence-corrected chi connectivity index (χ1v) is 9.22. The average molecular weight is 381 g/mol. The van der Waals surface area contributed by atoms with Gasteiger partial charge in [-0.05, 0) is 29.7 Å². The Morgan fingerprint density at radius 1 is 0.964 bits per heavy atom. The van der Waals surface area contributed by atoms with Crippen molar-refractivity contribution in [1.29, 1.82) is 0 Å². The van der Waals surface area contributed by atoms with Gasteiger partial charge in [-0.1, -0.05) is 42.5 Å². The number of fused-ring (bicyclic) bond motifs is 1. The van der Waals surface area contributed by atoms with Gasteiger partial charge in [0, 0.05) is 25.3 Å². The summed E-state index contributed by atoms with van der Waals surface area (Å²) in [5, 5.41) is 5.23. The van der Waals surface area contributed by atoms with Crippen molar-refractivity contribution in [3.05, 3.63) is 65.7 Å². The van der Waals surface area contributed by atoms with E-state index >= 15 is 0 Å². The van der Waals surface area contributed by atoms with E-state index in [1.807, 2.05) is 36.4 Å². The molecule has 1 heterocycles. The fourth-order valence-electron chi connectivity index (χ4n) is 2.99. The molecule has 0 unspecified atom stereocenters. The molecule has 0 aromatic heterocycles. The lowest BCUT2D eigenvalue weighted by Crippen LogP contribution is -2.38. The smallest absolute Gasteiger partial charge is 0.319 e. The third-order valence-electron chi connectivity index (χ3n) is 4.49. The standard InChI is InChI=1S/C21H23N3O4/c25-19(24-13-11-16-6-4-5-7-17(16)14-24)15-28-20(26)10-12-22-21(27)23-18-8-2-1-3-9-18/h1-9H,10-15H2,(H2,22,23,27). The molecule has 0 spiro atoms. The molecule has 0 saturated heterocycles. The van der Waals surface area contributed by atoms with E-state index in [0.717, 1.165) is 12.0 Å². The van der Waals surface area contributed by atoms with Crippen molar-refractivity contribution in [2.75, 3.05) is 25.0 Å². The summed E-state index contributed by atoms with van der Waals surface area (Å²) in [6.07, 6.45) is 0.800. The number of nitrogens with zero attached hydrogens (tertiary/aromatic N) is 1. The zero-order valence-electron chi connectivity index (χ0n) is 15.5. The van der Waals surface area contributed by atoms with E-state index < -0.39 is 12.0 Å². The van der Waals surface area contributed by atoms with Gasteiger partial charge in [-0.15, -0.1) is 0 Å². The summed E-state index contributed by atoms with van der Waals surface area (Å²) in [6.45, 7) is 1.00. The molecule has 3 amide bonds. The van der Waals surface area contributed by atoms with Gasteiger partial charge in [0.25, 0.3) is 5.91 Å². The van der Waals surface area contributed by atoms with Crippen LogP contribution in [0.4, 0.5) is 10.5 Å². The van der Waals surface area contributed by atoms with Crippen LogP contribution in [-0.2, 0) is 27.3 Å². The summed E-state index contributed by atoms with van der Waals surface area (Å²) in [5.41, 5.74) is 3.04. The molecule has 1 aliphatic heterocycles. The van der Waals surface area contributed by atoms with Gasteiger partial charge in [0.1, 0.15) is 0 Å². The topological polar surface area (TPSA) is 87.7 Å². The lowest BCUT2D eigenvalue weighted by atomic mass is 10.00. The number of anilines is 1. The number of hydrogen-bond donors (Lipinski definition) is 2. The number of benzene rings is 2. The number of carbonyl (C=O) groups excluding carboxylic acids is 3. The molecule has 2 aromatic carbocycles. The molecule has 7 nitrogen and oxygen atoms in total. The maximum atomic E-state index is 12.3. The van der Waals surface area contributed by atoms with Crippen molar-refractivity contribution in [3.8, 4) is 0 Å². The highest BCUT2D eigenvalue weighted by Gasteiger charge is 2.21. The first-order valence-electron chi connectivity index (χ1n) is 9.22. The summed E-state index contributed by atoms with van der Waals surface area (Å²) in [7, 11) is 0. The van der Waals surface area contributed by atoms with Crippen LogP contribution >= 0.6 is 0 Å². The van der Waals surface area contributed by atoms with Crippen LogP contribution in [0.25, 0.3) is 0 Å².